The average Bonchev–Trinajstić information content (AvgIpc) is 2.30. The van der Waals surface area contributed by atoms with Crippen molar-refractivity contribution >= 4 is 35.6 Å². The number of aliphatic hydroxyl groups is 1. The number of nitrogens with zero attached hydrogens (tertiary/aromatic N) is 1. The van der Waals surface area contributed by atoms with E-state index in [1.807, 2.05) is 0 Å². The number of halogens is 1. The Kier molecular flexibility index (Phi) is 2.97. The van der Waals surface area contributed by atoms with E-state index in [0.717, 1.165) is 10.6 Å². The molecule has 1 aromatic heterocycles. The van der Waals surface area contributed by atoms with Gasteiger partial charge in [-0.25, -0.2) is 4.98 Å². The third kappa shape index (κ3) is 1.63. The number of thiazole rings is 1. The molecule has 2 nitrogen and oxygen atoms in total. The van der Waals surface area contributed by atoms with Crippen LogP contribution in [0.1, 0.15) is 10.6 Å². The number of hydrogen-bond donors (Lipinski definition) is 2. The SMILES string of the molecule is OCc1sc(S)nc1CCl. The van der Waals surface area contributed by atoms with Gasteiger partial charge in [0.25, 0.3) is 0 Å². The fourth-order valence-corrected chi connectivity index (χ4v) is 2.03. The second-order valence-corrected chi connectivity index (χ2v) is 3.74. The van der Waals surface area contributed by atoms with Crippen LogP contribution in [0.5, 0.6) is 0 Å². The molecule has 5 heteroatoms. The smallest absolute Gasteiger partial charge is 0.147 e. The molecule has 0 fully saturated rings. The molecule has 1 aromatic rings. The molecular weight excluding hydrogens is 190 g/mol. The highest BCUT2D eigenvalue weighted by molar-refractivity contribution is 7.82. The molecule has 56 valence electrons. The molecule has 0 aliphatic carbocycles. The van der Waals surface area contributed by atoms with Crippen molar-refractivity contribution in [2.24, 2.45) is 0 Å². The lowest BCUT2D eigenvalue weighted by atomic mass is 10.4. The van der Waals surface area contributed by atoms with Crippen LogP contribution in [-0.4, -0.2) is 10.1 Å². The zero-order valence-corrected chi connectivity index (χ0v) is 7.51. The minimum absolute atomic E-state index is 0.000278. The molecule has 0 saturated heterocycles. The predicted octanol–water partition coefficient (Wildman–Crippen LogP) is 1.66. The maximum absolute atomic E-state index is 8.74. The van der Waals surface area contributed by atoms with Gasteiger partial charge in [0, 0.05) is 0 Å². The van der Waals surface area contributed by atoms with E-state index in [1.165, 1.54) is 11.3 Å². The van der Waals surface area contributed by atoms with Gasteiger partial charge in [0.05, 0.1) is 23.1 Å². The van der Waals surface area contributed by atoms with Crippen LogP contribution in [0, 0.1) is 0 Å². The van der Waals surface area contributed by atoms with Crippen molar-refractivity contribution in [3.05, 3.63) is 10.6 Å². The van der Waals surface area contributed by atoms with Crippen molar-refractivity contribution in [1.29, 1.82) is 0 Å². The van der Waals surface area contributed by atoms with Gasteiger partial charge in [-0.05, 0) is 0 Å². The third-order valence-electron chi connectivity index (χ3n) is 1.04. The molecule has 0 spiro atoms. The highest BCUT2D eigenvalue weighted by atomic mass is 35.5. The van der Waals surface area contributed by atoms with E-state index in [0.29, 0.717) is 10.2 Å². The van der Waals surface area contributed by atoms with Crippen molar-refractivity contribution in [2.45, 2.75) is 16.8 Å². The lowest BCUT2D eigenvalue weighted by Crippen LogP contribution is -1.84. The summed E-state index contributed by atoms with van der Waals surface area (Å²) in [7, 11) is 0. The van der Waals surface area contributed by atoms with Crippen LogP contribution >= 0.6 is 35.6 Å². The molecule has 10 heavy (non-hydrogen) atoms. The van der Waals surface area contributed by atoms with Crippen molar-refractivity contribution in [3.63, 3.8) is 0 Å². The first-order chi connectivity index (χ1) is 4.77. The summed E-state index contributed by atoms with van der Waals surface area (Å²) in [6.07, 6.45) is 0. The van der Waals surface area contributed by atoms with E-state index < -0.39 is 0 Å². The molecule has 1 heterocycles. The zero-order valence-electron chi connectivity index (χ0n) is 5.04. The zero-order chi connectivity index (χ0) is 7.56. The molecule has 0 aliphatic heterocycles. The fourth-order valence-electron chi connectivity index (χ4n) is 0.598. The summed E-state index contributed by atoms with van der Waals surface area (Å²) in [6.45, 7) is 0.000278. The summed E-state index contributed by atoms with van der Waals surface area (Å²) < 4.78 is 0.653. The number of rotatable bonds is 2. The first-order valence-electron chi connectivity index (χ1n) is 2.62. The highest BCUT2D eigenvalue weighted by Crippen LogP contribution is 2.22. The van der Waals surface area contributed by atoms with Crippen molar-refractivity contribution in [2.75, 3.05) is 0 Å². The maximum Gasteiger partial charge on any atom is 0.147 e. The summed E-state index contributed by atoms with van der Waals surface area (Å²) in [5.74, 6) is 0.340. The molecule has 0 radical (unpaired) electrons. The molecule has 0 aliphatic rings. The highest BCUT2D eigenvalue weighted by Gasteiger charge is 2.05. The monoisotopic (exact) mass is 195 g/mol. The largest absolute Gasteiger partial charge is 0.391 e. The third-order valence-corrected chi connectivity index (χ3v) is 2.55. The summed E-state index contributed by atoms with van der Waals surface area (Å²) in [4.78, 5) is 4.80. The average molecular weight is 196 g/mol. The van der Waals surface area contributed by atoms with Crippen LogP contribution in [0.3, 0.4) is 0 Å². The van der Waals surface area contributed by atoms with Gasteiger partial charge in [-0.3, -0.25) is 0 Å². The Hall–Kier alpha value is 0.230. The van der Waals surface area contributed by atoms with E-state index in [1.54, 1.807) is 0 Å². The summed E-state index contributed by atoms with van der Waals surface area (Å²) in [6, 6.07) is 0. The molecule has 0 unspecified atom stereocenters. The Balaban J connectivity index is 2.96. The number of alkyl halides is 1. The Bertz CT molecular complexity index is 204. The van der Waals surface area contributed by atoms with E-state index in [9.17, 15) is 0 Å². The number of aliphatic hydroxyl groups excluding tert-OH is 1. The summed E-state index contributed by atoms with van der Waals surface area (Å²) >= 11 is 10.9. The van der Waals surface area contributed by atoms with E-state index in [2.05, 4.69) is 17.6 Å². The molecule has 0 bridgehead atoms. The van der Waals surface area contributed by atoms with Gasteiger partial charge in [0.15, 0.2) is 0 Å². The topological polar surface area (TPSA) is 33.1 Å². The van der Waals surface area contributed by atoms with Gasteiger partial charge in [0.1, 0.15) is 4.34 Å². The molecule has 0 saturated carbocycles. The van der Waals surface area contributed by atoms with Crippen LogP contribution in [0.25, 0.3) is 0 Å². The number of thiol groups is 1. The van der Waals surface area contributed by atoms with Crippen LogP contribution in [0.2, 0.25) is 0 Å². The second-order valence-electron chi connectivity index (χ2n) is 1.66. The summed E-state index contributed by atoms with van der Waals surface area (Å²) in [5, 5.41) is 8.74. The van der Waals surface area contributed by atoms with Crippen LogP contribution < -0.4 is 0 Å². The van der Waals surface area contributed by atoms with Gasteiger partial charge in [-0.15, -0.1) is 35.6 Å². The van der Waals surface area contributed by atoms with Crippen molar-refractivity contribution < 1.29 is 5.11 Å². The van der Waals surface area contributed by atoms with Gasteiger partial charge in [0.2, 0.25) is 0 Å². The number of aromatic nitrogens is 1. The molecule has 0 amide bonds. The Labute approximate surface area is 73.3 Å². The maximum atomic E-state index is 8.74. The van der Waals surface area contributed by atoms with Gasteiger partial charge in [-0.1, -0.05) is 0 Å². The van der Waals surface area contributed by atoms with Crippen molar-refractivity contribution in [1.82, 2.24) is 4.98 Å². The minimum atomic E-state index is 0.000278. The predicted molar refractivity (Wildman–Crippen MR) is 44.8 cm³/mol. The molecular formula is C5H6ClNOS2. The fraction of sp³-hybridized carbons (Fsp3) is 0.400. The molecule has 0 aromatic carbocycles. The molecule has 1 N–H and O–H groups in total. The lowest BCUT2D eigenvalue weighted by Gasteiger charge is -1.89. The minimum Gasteiger partial charge on any atom is -0.391 e. The Morgan fingerprint density at radius 2 is 2.40 bits per heavy atom. The lowest BCUT2D eigenvalue weighted by molar-refractivity contribution is 0.284. The second kappa shape index (κ2) is 3.57. The van der Waals surface area contributed by atoms with Crippen LogP contribution in [-0.2, 0) is 12.5 Å². The molecule has 0 atom stereocenters. The van der Waals surface area contributed by atoms with E-state index >= 15 is 0 Å². The molecule has 1 rings (SSSR count). The quantitative estimate of drug-likeness (QED) is 0.556. The van der Waals surface area contributed by atoms with E-state index in [4.69, 9.17) is 16.7 Å². The van der Waals surface area contributed by atoms with Crippen LogP contribution in [0.4, 0.5) is 0 Å². The van der Waals surface area contributed by atoms with Crippen LogP contribution in [0.15, 0.2) is 4.34 Å². The van der Waals surface area contributed by atoms with Crippen molar-refractivity contribution in [3.8, 4) is 0 Å². The van der Waals surface area contributed by atoms with E-state index in [-0.39, 0.29) is 6.61 Å². The first-order valence-corrected chi connectivity index (χ1v) is 4.42. The standard InChI is InChI=1S/C5H6ClNOS2/c6-1-3-4(2-8)10-5(9)7-3/h8H,1-2H2,(H,7,9). The van der Waals surface area contributed by atoms with Gasteiger partial charge < -0.3 is 5.11 Å². The Morgan fingerprint density at radius 3 is 2.80 bits per heavy atom. The first kappa shape index (κ1) is 8.33. The normalized spacial score (nSPS) is 10.3. The van der Waals surface area contributed by atoms with Gasteiger partial charge >= 0.3 is 0 Å². The number of hydrogen-bond acceptors (Lipinski definition) is 4. The Morgan fingerprint density at radius 1 is 1.70 bits per heavy atom. The van der Waals surface area contributed by atoms with Gasteiger partial charge in [-0.2, -0.15) is 0 Å². The summed E-state index contributed by atoms with van der Waals surface area (Å²) in [5.41, 5.74) is 0.735.